The van der Waals surface area contributed by atoms with Gasteiger partial charge in [0.2, 0.25) is 5.91 Å². The van der Waals surface area contributed by atoms with Crippen LogP contribution in [0.1, 0.15) is 38.8 Å². The van der Waals surface area contributed by atoms with E-state index in [0.29, 0.717) is 28.0 Å². The molecule has 2 aromatic rings. The van der Waals surface area contributed by atoms with Crippen molar-refractivity contribution in [1.29, 1.82) is 0 Å². The molecule has 1 aromatic carbocycles. The second kappa shape index (κ2) is 8.35. The smallest absolute Gasteiger partial charge is 0.251 e. The molecule has 1 aromatic heterocycles. The van der Waals surface area contributed by atoms with Crippen molar-refractivity contribution in [2.75, 3.05) is 5.32 Å². The Kier molecular flexibility index (Phi) is 6.45. The van der Waals surface area contributed by atoms with Crippen molar-refractivity contribution in [1.82, 2.24) is 9.97 Å². The number of benzene rings is 1. The molecule has 24 heavy (non-hydrogen) atoms. The van der Waals surface area contributed by atoms with E-state index in [4.69, 9.17) is 11.6 Å². The fourth-order valence-electron chi connectivity index (χ4n) is 2.02. The van der Waals surface area contributed by atoms with Crippen molar-refractivity contribution in [2.24, 2.45) is 0 Å². The van der Waals surface area contributed by atoms with Crippen molar-refractivity contribution < 1.29 is 4.79 Å². The fraction of sp³-hybridized carbons (Fsp3) is 0.353. The number of carbonyl (C=O) groups excluding carboxylic acids is 1. The Balaban J connectivity index is 2.12. The second-order valence-corrected chi connectivity index (χ2v) is 7.27. The van der Waals surface area contributed by atoms with Gasteiger partial charge in [0.25, 0.3) is 5.56 Å². The van der Waals surface area contributed by atoms with E-state index in [1.807, 2.05) is 20.8 Å². The summed E-state index contributed by atoms with van der Waals surface area (Å²) in [7, 11) is 0. The van der Waals surface area contributed by atoms with Gasteiger partial charge >= 0.3 is 0 Å². The number of aromatic nitrogens is 2. The molecule has 0 bridgehead atoms. The van der Waals surface area contributed by atoms with E-state index in [-0.39, 0.29) is 22.6 Å². The highest BCUT2D eigenvalue weighted by molar-refractivity contribution is 8.00. The lowest BCUT2D eigenvalue weighted by Gasteiger charge is -2.15. The van der Waals surface area contributed by atoms with Gasteiger partial charge in [0, 0.05) is 16.8 Å². The summed E-state index contributed by atoms with van der Waals surface area (Å²) in [5.74, 6) is 0.0111. The highest BCUT2D eigenvalue weighted by atomic mass is 35.5. The van der Waals surface area contributed by atoms with Crippen LogP contribution in [0.3, 0.4) is 0 Å². The number of thioether (sulfide) groups is 1. The molecule has 2 N–H and O–H groups in total. The molecule has 0 aliphatic carbocycles. The Morgan fingerprint density at radius 1 is 1.33 bits per heavy atom. The molecular weight excluding hydrogens is 346 g/mol. The van der Waals surface area contributed by atoms with E-state index < -0.39 is 0 Å². The summed E-state index contributed by atoms with van der Waals surface area (Å²) in [6.07, 6.45) is 0.611. The number of nitrogens with zero attached hydrogens (tertiary/aromatic N) is 1. The molecular formula is C17H20ClN3O2S. The quantitative estimate of drug-likeness (QED) is 0.598. The van der Waals surface area contributed by atoms with Gasteiger partial charge in [0.15, 0.2) is 5.16 Å². The summed E-state index contributed by atoms with van der Waals surface area (Å²) >= 11 is 7.10. The molecule has 2 rings (SSSR count). The lowest BCUT2D eigenvalue weighted by atomic mass is 10.1. The average Bonchev–Trinajstić information content (AvgIpc) is 2.54. The molecule has 1 unspecified atom stereocenters. The molecule has 5 nitrogen and oxygen atoms in total. The Morgan fingerprint density at radius 3 is 2.58 bits per heavy atom. The van der Waals surface area contributed by atoms with Gasteiger partial charge in [-0.25, -0.2) is 4.98 Å². The summed E-state index contributed by atoms with van der Waals surface area (Å²) in [5, 5.41) is 3.57. The first kappa shape index (κ1) is 18.5. The normalized spacial score (nSPS) is 12.2. The summed E-state index contributed by atoms with van der Waals surface area (Å²) in [6, 6.07) is 8.42. The third-order valence-electron chi connectivity index (χ3n) is 3.36. The molecule has 0 saturated carbocycles. The Labute approximate surface area is 150 Å². The number of nitrogens with one attached hydrogen (secondary N) is 2. The third-order valence-corrected chi connectivity index (χ3v) is 4.86. The van der Waals surface area contributed by atoms with E-state index >= 15 is 0 Å². The maximum atomic E-state index is 12.5. The van der Waals surface area contributed by atoms with E-state index in [2.05, 4.69) is 15.3 Å². The van der Waals surface area contributed by atoms with Crippen molar-refractivity contribution in [3.05, 3.63) is 51.4 Å². The number of halogens is 1. The predicted octanol–water partition coefficient (Wildman–Crippen LogP) is 4.06. The van der Waals surface area contributed by atoms with Gasteiger partial charge < -0.3 is 10.3 Å². The van der Waals surface area contributed by atoms with E-state index in [1.54, 1.807) is 24.3 Å². The summed E-state index contributed by atoms with van der Waals surface area (Å²) in [5.41, 5.74) is 1.19. The van der Waals surface area contributed by atoms with Gasteiger partial charge in [-0.15, -0.1) is 0 Å². The maximum absolute atomic E-state index is 12.5. The number of hydrogen-bond donors (Lipinski definition) is 2. The van der Waals surface area contributed by atoms with E-state index in [0.717, 1.165) is 0 Å². The zero-order valence-corrected chi connectivity index (χ0v) is 15.4. The number of H-pyrrole nitrogens is 1. The molecule has 0 spiro atoms. The molecule has 0 radical (unpaired) electrons. The topological polar surface area (TPSA) is 74.8 Å². The van der Waals surface area contributed by atoms with E-state index in [1.165, 1.54) is 17.8 Å². The van der Waals surface area contributed by atoms with Crippen molar-refractivity contribution in [2.45, 2.75) is 43.5 Å². The first-order valence-corrected chi connectivity index (χ1v) is 8.99. The summed E-state index contributed by atoms with van der Waals surface area (Å²) < 4.78 is 0. The van der Waals surface area contributed by atoms with Gasteiger partial charge in [-0.1, -0.05) is 44.1 Å². The van der Waals surface area contributed by atoms with Crippen LogP contribution in [0.4, 0.5) is 5.69 Å². The van der Waals surface area contributed by atoms with Gasteiger partial charge in [-0.05, 0) is 36.6 Å². The van der Waals surface area contributed by atoms with Crippen LogP contribution >= 0.6 is 23.4 Å². The van der Waals surface area contributed by atoms with Crippen LogP contribution in [0.25, 0.3) is 0 Å². The van der Waals surface area contributed by atoms with Crippen LogP contribution in [0, 0.1) is 0 Å². The van der Waals surface area contributed by atoms with Gasteiger partial charge in [0.05, 0.1) is 10.9 Å². The van der Waals surface area contributed by atoms with E-state index in [9.17, 15) is 9.59 Å². The van der Waals surface area contributed by atoms with Gasteiger partial charge in [-0.2, -0.15) is 0 Å². The van der Waals surface area contributed by atoms with Gasteiger partial charge in [-0.3, -0.25) is 9.59 Å². The first-order chi connectivity index (χ1) is 11.4. The monoisotopic (exact) mass is 365 g/mol. The highest BCUT2D eigenvalue weighted by Crippen LogP contribution is 2.24. The zero-order chi connectivity index (χ0) is 17.7. The average molecular weight is 366 g/mol. The Bertz CT molecular complexity index is 759. The number of amides is 1. The van der Waals surface area contributed by atoms with Crippen LogP contribution in [0.5, 0.6) is 0 Å². The molecule has 1 heterocycles. The number of hydrogen-bond acceptors (Lipinski definition) is 4. The summed E-state index contributed by atoms with van der Waals surface area (Å²) in [4.78, 5) is 31.3. The molecule has 0 fully saturated rings. The molecule has 128 valence electrons. The van der Waals surface area contributed by atoms with Crippen LogP contribution in [0.2, 0.25) is 5.02 Å². The third kappa shape index (κ3) is 5.11. The lowest BCUT2D eigenvalue weighted by molar-refractivity contribution is -0.115. The molecule has 1 atom stereocenters. The molecule has 7 heteroatoms. The minimum Gasteiger partial charge on any atom is -0.325 e. The molecule has 0 aliphatic rings. The molecule has 0 saturated heterocycles. The lowest BCUT2D eigenvalue weighted by Crippen LogP contribution is -2.25. The highest BCUT2D eigenvalue weighted by Gasteiger charge is 2.20. The largest absolute Gasteiger partial charge is 0.325 e. The number of carbonyl (C=O) groups is 1. The molecule has 1 amide bonds. The molecule has 0 aliphatic heterocycles. The number of rotatable bonds is 6. The van der Waals surface area contributed by atoms with Gasteiger partial charge in [0.1, 0.15) is 0 Å². The number of aromatic amines is 1. The van der Waals surface area contributed by atoms with Crippen LogP contribution in [-0.4, -0.2) is 21.1 Å². The Hall–Kier alpha value is -1.79. The standard InChI is InChI=1S/C17H20ClN3O2S/c1-4-14(16(23)19-12-7-5-11(18)6-8-12)24-17-20-13(10(2)3)9-15(22)21-17/h5-10,14H,4H2,1-3H3,(H,19,23)(H,20,21,22). The SMILES string of the molecule is CCC(Sc1nc(C(C)C)cc(=O)[nH]1)C(=O)Nc1ccc(Cl)cc1. The van der Waals surface area contributed by atoms with Crippen LogP contribution in [-0.2, 0) is 4.79 Å². The zero-order valence-electron chi connectivity index (χ0n) is 13.8. The fourth-order valence-corrected chi connectivity index (χ4v) is 3.06. The number of anilines is 1. The minimum absolute atomic E-state index is 0.137. The van der Waals surface area contributed by atoms with Crippen molar-refractivity contribution in [3.63, 3.8) is 0 Å². The predicted molar refractivity (Wildman–Crippen MR) is 99.0 cm³/mol. The Morgan fingerprint density at radius 2 is 2.00 bits per heavy atom. The van der Waals surface area contributed by atoms with Crippen LogP contribution < -0.4 is 10.9 Å². The van der Waals surface area contributed by atoms with Crippen LogP contribution in [0.15, 0.2) is 40.3 Å². The maximum Gasteiger partial charge on any atom is 0.251 e. The summed E-state index contributed by atoms with van der Waals surface area (Å²) in [6.45, 7) is 5.87. The second-order valence-electron chi connectivity index (χ2n) is 5.64. The first-order valence-electron chi connectivity index (χ1n) is 7.73. The minimum atomic E-state index is -0.355. The van der Waals surface area contributed by atoms with Crippen molar-refractivity contribution in [3.8, 4) is 0 Å². The van der Waals surface area contributed by atoms with Crippen molar-refractivity contribution >= 4 is 35.0 Å².